The normalized spacial score (nSPS) is 29.4. The Morgan fingerprint density at radius 3 is 2.56 bits per heavy atom. The van der Waals surface area contributed by atoms with Crippen LogP contribution in [0.4, 0.5) is 0 Å². The Balaban J connectivity index is 1.59. The van der Waals surface area contributed by atoms with Gasteiger partial charge in [0.1, 0.15) is 0 Å². The first-order valence-electron chi connectivity index (χ1n) is 6.95. The van der Waals surface area contributed by atoms with Gasteiger partial charge in [-0.2, -0.15) is 0 Å². The van der Waals surface area contributed by atoms with E-state index in [1.54, 1.807) is 0 Å². The van der Waals surface area contributed by atoms with E-state index in [9.17, 15) is 0 Å². The molecule has 0 aromatic carbocycles. The zero-order valence-corrected chi connectivity index (χ0v) is 10.3. The van der Waals surface area contributed by atoms with E-state index in [0.717, 1.165) is 6.04 Å². The molecular weight excluding hydrogens is 200 g/mol. The van der Waals surface area contributed by atoms with E-state index in [2.05, 4.69) is 10.2 Å². The van der Waals surface area contributed by atoms with Gasteiger partial charge in [0.05, 0.1) is 0 Å². The molecule has 16 heavy (non-hydrogen) atoms. The number of rotatable bonds is 4. The monoisotopic (exact) mass is 226 g/mol. The van der Waals surface area contributed by atoms with Crippen molar-refractivity contribution in [2.45, 2.75) is 44.6 Å². The number of likely N-dealkylation sites (tertiary alicyclic amines) is 1. The summed E-state index contributed by atoms with van der Waals surface area (Å²) in [5.41, 5.74) is 0. The van der Waals surface area contributed by atoms with Crippen molar-refractivity contribution in [1.82, 2.24) is 10.2 Å². The summed E-state index contributed by atoms with van der Waals surface area (Å²) in [4.78, 5) is 2.57. The van der Waals surface area contributed by atoms with Crippen molar-refractivity contribution in [1.29, 1.82) is 0 Å². The lowest BCUT2D eigenvalue weighted by molar-refractivity contribution is 0.127. The molecule has 94 valence electrons. The predicted octanol–water partition coefficient (Wildman–Crippen LogP) is 1.22. The summed E-state index contributed by atoms with van der Waals surface area (Å²) in [5.74, 6) is 0.573. The van der Waals surface area contributed by atoms with Crippen molar-refractivity contribution in [3.8, 4) is 0 Å². The van der Waals surface area contributed by atoms with Gasteiger partial charge in [-0.1, -0.05) is 6.42 Å². The largest absolute Gasteiger partial charge is 0.396 e. The van der Waals surface area contributed by atoms with Crippen molar-refractivity contribution in [3.05, 3.63) is 0 Å². The van der Waals surface area contributed by atoms with Crippen LogP contribution >= 0.6 is 0 Å². The number of piperidine rings is 2. The first-order chi connectivity index (χ1) is 7.88. The van der Waals surface area contributed by atoms with Gasteiger partial charge in [0.25, 0.3) is 0 Å². The van der Waals surface area contributed by atoms with E-state index in [1.807, 2.05) is 0 Å². The SMILES string of the molecule is OCC1CCN(CCC2CCCCN2)CC1. The van der Waals surface area contributed by atoms with E-state index in [1.165, 1.54) is 64.7 Å². The van der Waals surface area contributed by atoms with E-state index in [4.69, 9.17) is 5.11 Å². The summed E-state index contributed by atoms with van der Waals surface area (Å²) in [7, 11) is 0. The van der Waals surface area contributed by atoms with Gasteiger partial charge in [-0.15, -0.1) is 0 Å². The molecule has 2 aliphatic rings. The molecule has 3 nitrogen and oxygen atoms in total. The van der Waals surface area contributed by atoms with Crippen LogP contribution in [0.25, 0.3) is 0 Å². The number of hydrogen-bond donors (Lipinski definition) is 2. The van der Waals surface area contributed by atoms with Crippen molar-refractivity contribution in [2.75, 3.05) is 32.8 Å². The first kappa shape index (κ1) is 12.3. The fraction of sp³-hybridized carbons (Fsp3) is 1.00. The third-order valence-corrected chi connectivity index (χ3v) is 4.17. The van der Waals surface area contributed by atoms with E-state index in [-0.39, 0.29) is 0 Å². The number of nitrogens with one attached hydrogen (secondary N) is 1. The summed E-state index contributed by atoms with van der Waals surface area (Å²) >= 11 is 0. The molecule has 0 aromatic heterocycles. The van der Waals surface area contributed by atoms with Crippen LogP contribution in [0.15, 0.2) is 0 Å². The molecule has 0 spiro atoms. The van der Waals surface area contributed by atoms with Crippen LogP contribution in [0.5, 0.6) is 0 Å². The summed E-state index contributed by atoms with van der Waals surface area (Å²) in [5, 5.41) is 12.7. The molecule has 2 aliphatic heterocycles. The Morgan fingerprint density at radius 1 is 1.12 bits per heavy atom. The molecule has 1 atom stereocenters. The smallest absolute Gasteiger partial charge is 0.0460 e. The quantitative estimate of drug-likeness (QED) is 0.756. The number of aliphatic hydroxyl groups is 1. The van der Waals surface area contributed by atoms with E-state index in [0.29, 0.717) is 12.5 Å². The highest BCUT2D eigenvalue weighted by atomic mass is 16.3. The van der Waals surface area contributed by atoms with Crippen molar-refractivity contribution in [3.63, 3.8) is 0 Å². The maximum absolute atomic E-state index is 9.08. The molecule has 0 amide bonds. The van der Waals surface area contributed by atoms with Crippen LogP contribution in [0.1, 0.15) is 38.5 Å². The van der Waals surface area contributed by atoms with Gasteiger partial charge < -0.3 is 15.3 Å². The zero-order chi connectivity index (χ0) is 11.2. The predicted molar refractivity (Wildman–Crippen MR) is 66.5 cm³/mol. The molecule has 1 unspecified atom stereocenters. The van der Waals surface area contributed by atoms with Gasteiger partial charge >= 0.3 is 0 Å². The molecule has 3 heteroatoms. The van der Waals surface area contributed by atoms with Crippen molar-refractivity contribution in [2.24, 2.45) is 5.92 Å². The summed E-state index contributed by atoms with van der Waals surface area (Å²) in [6.07, 6.45) is 7.82. The number of hydrogen-bond acceptors (Lipinski definition) is 3. The van der Waals surface area contributed by atoms with Gasteiger partial charge in [0, 0.05) is 12.6 Å². The van der Waals surface area contributed by atoms with Crippen LogP contribution in [0.3, 0.4) is 0 Å². The molecule has 2 rings (SSSR count). The zero-order valence-electron chi connectivity index (χ0n) is 10.3. The third kappa shape index (κ3) is 3.72. The number of nitrogens with zero attached hydrogens (tertiary/aromatic N) is 1. The highest BCUT2D eigenvalue weighted by Crippen LogP contribution is 2.17. The van der Waals surface area contributed by atoms with Crippen molar-refractivity contribution >= 4 is 0 Å². The minimum absolute atomic E-state index is 0.387. The van der Waals surface area contributed by atoms with Gasteiger partial charge in [-0.25, -0.2) is 0 Å². The molecule has 0 saturated carbocycles. The summed E-state index contributed by atoms with van der Waals surface area (Å²) in [6.45, 7) is 5.24. The Bertz CT molecular complexity index is 184. The fourth-order valence-electron chi connectivity index (χ4n) is 2.90. The standard InChI is InChI=1S/C13H26N2O/c16-11-12-4-8-15(9-5-12)10-6-13-3-1-2-7-14-13/h12-14,16H,1-11H2. The molecule has 0 radical (unpaired) electrons. The van der Waals surface area contributed by atoms with E-state index < -0.39 is 0 Å². The van der Waals surface area contributed by atoms with Crippen LogP contribution < -0.4 is 5.32 Å². The first-order valence-corrected chi connectivity index (χ1v) is 6.95. The third-order valence-electron chi connectivity index (χ3n) is 4.17. The Hall–Kier alpha value is -0.120. The summed E-state index contributed by atoms with van der Waals surface area (Å²) < 4.78 is 0. The Morgan fingerprint density at radius 2 is 1.94 bits per heavy atom. The Labute approximate surface area is 99.2 Å². The maximum Gasteiger partial charge on any atom is 0.0460 e. The highest BCUT2D eigenvalue weighted by Gasteiger charge is 2.19. The van der Waals surface area contributed by atoms with Crippen molar-refractivity contribution < 1.29 is 5.11 Å². The average molecular weight is 226 g/mol. The lowest BCUT2D eigenvalue weighted by Crippen LogP contribution is -2.40. The molecular formula is C13H26N2O. The van der Waals surface area contributed by atoms with Gasteiger partial charge in [0.15, 0.2) is 0 Å². The van der Waals surface area contributed by atoms with Gasteiger partial charge in [0.2, 0.25) is 0 Å². The molecule has 0 bridgehead atoms. The molecule has 2 saturated heterocycles. The van der Waals surface area contributed by atoms with Crippen LogP contribution in [-0.4, -0.2) is 48.8 Å². The second-order valence-corrected chi connectivity index (χ2v) is 5.40. The lowest BCUT2D eigenvalue weighted by Gasteiger charge is -2.33. The topological polar surface area (TPSA) is 35.5 Å². The van der Waals surface area contributed by atoms with E-state index >= 15 is 0 Å². The minimum Gasteiger partial charge on any atom is -0.396 e. The fourth-order valence-corrected chi connectivity index (χ4v) is 2.90. The van der Waals surface area contributed by atoms with Gasteiger partial charge in [-0.05, 0) is 64.2 Å². The summed E-state index contributed by atoms with van der Waals surface area (Å²) in [6, 6.07) is 0.768. The lowest BCUT2D eigenvalue weighted by atomic mass is 9.97. The molecule has 2 N–H and O–H groups in total. The second-order valence-electron chi connectivity index (χ2n) is 5.40. The Kier molecular flexibility index (Phi) is 5.07. The van der Waals surface area contributed by atoms with Gasteiger partial charge in [-0.3, -0.25) is 0 Å². The molecule has 2 heterocycles. The van der Waals surface area contributed by atoms with Crippen LogP contribution in [0.2, 0.25) is 0 Å². The average Bonchev–Trinajstić information content (AvgIpc) is 2.38. The number of aliphatic hydroxyl groups excluding tert-OH is 1. The minimum atomic E-state index is 0.387. The molecule has 0 aromatic rings. The molecule has 0 aliphatic carbocycles. The van der Waals surface area contributed by atoms with Crippen LogP contribution in [-0.2, 0) is 0 Å². The van der Waals surface area contributed by atoms with Crippen LogP contribution in [0, 0.1) is 5.92 Å². The molecule has 2 fully saturated rings. The highest BCUT2D eigenvalue weighted by molar-refractivity contribution is 4.76. The maximum atomic E-state index is 9.08. The second kappa shape index (κ2) is 6.58.